The fourth-order valence-electron chi connectivity index (χ4n) is 3.51. The maximum absolute atomic E-state index is 13.4. The van der Waals surface area contributed by atoms with Gasteiger partial charge in [-0.25, -0.2) is 8.42 Å². The first-order chi connectivity index (χ1) is 13.6. The Labute approximate surface area is 169 Å². The van der Waals surface area contributed by atoms with Crippen molar-refractivity contribution >= 4 is 15.7 Å². The Morgan fingerprint density at radius 3 is 2.31 bits per heavy atom. The minimum absolute atomic E-state index is 0.0282. The summed E-state index contributed by atoms with van der Waals surface area (Å²) in [5.41, 5.74) is -0.338. The first-order valence-corrected chi connectivity index (χ1v) is 11.0. The SMILES string of the molecule is Cc1ccccc1S(=O)(=O)Nc1ccc(C(F)(F)F)c(OC2CCC(C)CC2)c1. The molecule has 0 aromatic heterocycles. The van der Waals surface area contributed by atoms with Crippen LogP contribution in [0.5, 0.6) is 5.75 Å². The van der Waals surface area contributed by atoms with Crippen LogP contribution in [0.2, 0.25) is 0 Å². The van der Waals surface area contributed by atoms with E-state index in [1.807, 2.05) is 0 Å². The van der Waals surface area contributed by atoms with E-state index >= 15 is 0 Å². The van der Waals surface area contributed by atoms with Gasteiger partial charge in [-0.2, -0.15) is 13.2 Å². The van der Waals surface area contributed by atoms with Crippen LogP contribution in [-0.4, -0.2) is 14.5 Å². The van der Waals surface area contributed by atoms with Crippen LogP contribution in [0.15, 0.2) is 47.4 Å². The Bertz CT molecular complexity index is 965. The molecule has 29 heavy (non-hydrogen) atoms. The fraction of sp³-hybridized carbons (Fsp3) is 0.429. The van der Waals surface area contributed by atoms with E-state index in [-0.39, 0.29) is 22.4 Å². The second kappa shape index (κ2) is 8.26. The lowest BCUT2D eigenvalue weighted by Gasteiger charge is -2.28. The molecule has 0 spiro atoms. The molecule has 1 aliphatic rings. The van der Waals surface area contributed by atoms with Crippen molar-refractivity contribution in [3.8, 4) is 5.75 Å². The summed E-state index contributed by atoms with van der Waals surface area (Å²) in [5.74, 6) is 0.186. The topological polar surface area (TPSA) is 55.4 Å². The molecule has 2 aromatic rings. The molecule has 0 amide bonds. The molecule has 1 saturated carbocycles. The largest absolute Gasteiger partial charge is 0.490 e. The molecule has 0 heterocycles. The highest BCUT2D eigenvalue weighted by Gasteiger charge is 2.35. The number of ether oxygens (including phenoxy) is 1. The van der Waals surface area contributed by atoms with Crippen LogP contribution in [0.3, 0.4) is 0 Å². The highest BCUT2D eigenvalue weighted by atomic mass is 32.2. The molecular weight excluding hydrogens is 403 g/mol. The van der Waals surface area contributed by atoms with Gasteiger partial charge < -0.3 is 4.74 Å². The maximum Gasteiger partial charge on any atom is 0.419 e. The van der Waals surface area contributed by atoms with E-state index < -0.39 is 21.8 Å². The zero-order chi connectivity index (χ0) is 21.2. The maximum atomic E-state index is 13.4. The number of hydrogen-bond acceptors (Lipinski definition) is 3. The van der Waals surface area contributed by atoms with E-state index in [1.54, 1.807) is 25.1 Å². The number of sulfonamides is 1. The van der Waals surface area contributed by atoms with Crippen molar-refractivity contribution in [3.05, 3.63) is 53.6 Å². The second-order valence-electron chi connectivity index (χ2n) is 7.58. The smallest absolute Gasteiger partial charge is 0.419 e. The minimum atomic E-state index is -4.59. The molecule has 1 fully saturated rings. The van der Waals surface area contributed by atoms with Gasteiger partial charge in [0, 0.05) is 6.07 Å². The predicted octanol–water partition coefficient (Wildman–Crippen LogP) is 5.77. The monoisotopic (exact) mass is 427 g/mol. The van der Waals surface area contributed by atoms with E-state index in [0.29, 0.717) is 24.3 Å². The highest BCUT2D eigenvalue weighted by Crippen LogP contribution is 2.39. The molecule has 2 aromatic carbocycles. The van der Waals surface area contributed by atoms with Gasteiger partial charge in [-0.1, -0.05) is 25.1 Å². The van der Waals surface area contributed by atoms with Crippen molar-refractivity contribution in [2.24, 2.45) is 5.92 Å². The van der Waals surface area contributed by atoms with Gasteiger partial charge in [0.1, 0.15) is 5.75 Å². The number of anilines is 1. The van der Waals surface area contributed by atoms with Crippen molar-refractivity contribution in [2.45, 2.75) is 56.7 Å². The van der Waals surface area contributed by atoms with E-state index in [2.05, 4.69) is 11.6 Å². The van der Waals surface area contributed by atoms with Gasteiger partial charge in [0.25, 0.3) is 10.0 Å². The molecule has 0 bridgehead atoms. The van der Waals surface area contributed by atoms with Crippen LogP contribution in [0.4, 0.5) is 18.9 Å². The van der Waals surface area contributed by atoms with Crippen molar-refractivity contribution in [3.63, 3.8) is 0 Å². The molecule has 0 unspecified atom stereocenters. The normalized spacial score (nSPS) is 20.3. The third-order valence-corrected chi connectivity index (χ3v) is 6.72. The van der Waals surface area contributed by atoms with Gasteiger partial charge in [0.15, 0.2) is 0 Å². The molecule has 1 N–H and O–H groups in total. The summed E-state index contributed by atoms with van der Waals surface area (Å²) in [7, 11) is -3.94. The van der Waals surface area contributed by atoms with Gasteiger partial charge in [-0.05, 0) is 62.3 Å². The van der Waals surface area contributed by atoms with Gasteiger partial charge in [0.05, 0.1) is 22.3 Å². The first kappa shape index (κ1) is 21.5. The summed E-state index contributed by atoms with van der Waals surface area (Å²) in [6, 6.07) is 9.49. The lowest BCUT2D eigenvalue weighted by Crippen LogP contribution is -2.24. The Hall–Kier alpha value is -2.22. The Balaban J connectivity index is 1.89. The van der Waals surface area contributed by atoms with E-state index in [9.17, 15) is 21.6 Å². The predicted molar refractivity (Wildman–Crippen MR) is 105 cm³/mol. The van der Waals surface area contributed by atoms with Crippen LogP contribution in [0.25, 0.3) is 0 Å². The number of alkyl halides is 3. The molecule has 0 radical (unpaired) electrons. The summed E-state index contributed by atoms with van der Waals surface area (Å²) in [6.07, 6.45) is -1.76. The quantitative estimate of drug-likeness (QED) is 0.659. The molecule has 3 rings (SSSR count). The number of aryl methyl sites for hydroxylation is 1. The molecule has 0 aliphatic heterocycles. The molecule has 4 nitrogen and oxygen atoms in total. The minimum Gasteiger partial charge on any atom is -0.490 e. The summed E-state index contributed by atoms with van der Waals surface area (Å²) in [5, 5.41) is 0. The van der Waals surface area contributed by atoms with Gasteiger partial charge >= 0.3 is 6.18 Å². The molecule has 158 valence electrons. The zero-order valence-corrected chi connectivity index (χ0v) is 17.1. The van der Waals surface area contributed by atoms with Gasteiger partial charge in [0.2, 0.25) is 0 Å². The van der Waals surface area contributed by atoms with Crippen LogP contribution in [-0.2, 0) is 16.2 Å². The molecule has 0 saturated heterocycles. The van der Waals surface area contributed by atoms with Crippen LogP contribution in [0, 0.1) is 12.8 Å². The first-order valence-electron chi connectivity index (χ1n) is 9.52. The standard InChI is InChI=1S/C21H24F3NO3S/c1-14-7-10-17(11-8-14)28-19-13-16(9-12-18(19)21(22,23)24)25-29(26,27)20-6-4-3-5-15(20)2/h3-6,9,12-14,17,25H,7-8,10-11H2,1-2H3. The average molecular weight is 427 g/mol. The third-order valence-electron chi connectivity index (χ3n) is 5.18. The summed E-state index contributed by atoms with van der Waals surface area (Å²) >= 11 is 0. The summed E-state index contributed by atoms with van der Waals surface area (Å²) in [6.45, 7) is 3.76. The average Bonchev–Trinajstić information content (AvgIpc) is 2.63. The van der Waals surface area contributed by atoms with Crippen molar-refractivity contribution in [2.75, 3.05) is 4.72 Å². The molecule has 0 atom stereocenters. The van der Waals surface area contributed by atoms with E-state index in [4.69, 9.17) is 4.74 Å². The lowest BCUT2D eigenvalue weighted by molar-refractivity contribution is -0.139. The van der Waals surface area contributed by atoms with Crippen LogP contribution in [0.1, 0.15) is 43.7 Å². The molecule has 1 aliphatic carbocycles. The van der Waals surface area contributed by atoms with Crippen LogP contribution >= 0.6 is 0 Å². The number of hydrogen-bond donors (Lipinski definition) is 1. The van der Waals surface area contributed by atoms with Crippen molar-refractivity contribution < 1.29 is 26.3 Å². The summed E-state index contributed by atoms with van der Waals surface area (Å²) in [4.78, 5) is 0.0728. The number of benzene rings is 2. The fourth-order valence-corrected chi connectivity index (χ4v) is 4.81. The number of nitrogens with one attached hydrogen (secondary N) is 1. The Morgan fingerprint density at radius 2 is 1.69 bits per heavy atom. The number of rotatable bonds is 5. The Morgan fingerprint density at radius 1 is 1.03 bits per heavy atom. The number of halogens is 3. The van der Waals surface area contributed by atoms with E-state index in [0.717, 1.165) is 31.0 Å². The van der Waals surface area contributed by atoms with Gasteiger partial charge in [-0.15, -0.1) is 0 Å². The third kappa shape index (κ3) is 5.23. The van der Waals surface area contributed by atoms with Crippen molar-refractivity contribution in [1.82, 2.24) is 0 Å². The highest BCUT2D eigenvalue weighted by molar-refractivity contribution is 7.92. The zero-order valence-electron chi connectivity index (χ0n) is 16.3. The Kier molecular flexibility index (Phi) is 6.12. The van der Waals surface area contributed by atoms with Crippen molar-refractivity contribution in [1.29, 1.82) is 0 Å². The van der Waals surface area contributed by atoms with E-state index in [1.165, 1.54) is 6.07 Å². The van der Waals surface area contributed by atoms with Crippen LogP contribution < -0.4 is 9.46 Å². The van der Waals surface area contributed by atoms with Gasteiger partial charge in [-0.3, -0.25) is 4.72 Å². The lowest BCUT2D eigenvalue weighted by atomic mass is 9.89. The summed E-state index contributed by atoms with van der Waals surface area (Å²) < 4.78 is 73.7. The molecular formula is C21H24F3NO3S. The molecule has 8 heteroatoms. The second-order valence-corrected chi connectivity index (χ2v) is 9.23.